The van der Waals surface area contributed by atoms with E-state index < -0.39 is 10.0 Å². The number of nitrogens with one attached hydrogen (secondary N) is 1. The molecule has 0 aromatic heterocycles. The van der Waals surface area contributed by atoms with Crippen molar-refractivity contribution in [2.24, 2.45) is 0 Å². The third-order valence-corrected chi connectivity index (χ3v) is 6.50. The van der Waals surface area contributed by atoms with E-state index in [0.717, 1.165) is 5.56 Å². The van der Waals surface area contributed by atoms with Crippen molar-refractivity contribution in [3.8, 4) is 5.75 Å². The van der Waals surface area contributed by atoms with Crippen molar-refractivity contribution in [1.29, 1.82) is 0 Å². The molecule has 0 radical (unpaired) electrons. The number of hydrogen-bond acceptors (Lipinski definition) is 4. The van der Waals surface area contributed by atoms with Gasteiger partial charge in [-0.15, -0.1) is 0 Å². The van der Waals surface area contributed by atoms with Gasteiger partial charge in [0.25, 0.3) is 5.91 Å². The second-order valence-corrected chi connectivity index (χ2v) is 8.51. The molecule has 3 rings (SSSR count). The number of hydrogen-bond donors (Lipinski definition) is 1. The lowest BCUT2D eigenvalue weighted by atomic mass is 10.2. The Labute approximate surface area is 157 Å². The summed E-state index contributed by atoms with van der Waals surface area (Å²) in [6, 6.07) is 11.9. The van der Waals surface area contributed by atoms with E-state index in [0.29, 0.717) is 5.69 Å². The fraction of sp³-hybridized carbons (Fsp3) is 0.278. The van der Waals surface area contributed by atoms with Gasteiger partial charge in [0.2, 0.25) is 10.0 Å². The zero-order chi connectivity index (χ0) is 18.9. The van der Waals surface area contributed by atoms with E-state index in [1.54, 1.807) is 0 Å². The van der Waals surface area contributed by atoms with Crippen molar-refractivity contribution in [3.05, 3.63) is 53.1 Å². The van der Waals surface area contributed by atoms with Crippen LogP contribution in [0.15, 0.2) is 47.4 Å². The molecule has 1 N–H and O–H groups in total. The summed E-state index contributed by atoms with van der Waals surface area (Å²) in [5, 5.41) is 2.65. The van der Waals surface area contributed by atoms with Crippen LogP contribution < -0.4 is 10.1 Å². The Hall–Kier alpha value is -2.09. The minimum absolute atomic E-state index is 0.0354. The molecule has 0 aliphatic carbocycles. The Morgan fingerprint density at radius 3 is 2.58 bits per heavy atom. The van der Waals surface area contributed by atoms with E-state index in [1.807, 2.05) is 44.2 Å². The van der Waals surface area contributed by atoms with Crippen molar-refractivity contribution in [3.63, 3.8) is 0 Å². The Bertz CT molecular complexity index is 930. The quantitative estimate of drug-likeness (QED) is 0.844. The largest absolute Gasteiger partial charge is 0.482 e. The van der Waals surface area contributed by atoms with Crippen molar-refractivity contribution in [2.45, 2.75) is 31.3 Å². The predicted molar refractivity (Wildman–Crippen MR) is 99.9 cm³/mol. The van der Waals surface area contributed by atoms with Gasteiger partial charge in [0.1, 0.15) is 10.6 Å². The van der Waals surface area contributed by atoms with E-state index in [-0.39, 0.29) is 40.8 Å². The lowest BCUT2D eigenvalue weighted by molar-refractivity contribution is -0.118. The molecule has 0 spiro atoms. The van der Waals surface area contributed by atoms with Crippen molar-refractivity contribution >= 4 is 33.2 Å². The monoisotopic (exact) mass is 394 g/mol. The molecule has 2 aromatic carbocycles. The van der Waals surface area contributed by atoms with Crippen LogP contribution >= 0.6 is 11.6 Å². The molecule has 1 aliphatic heterocycles. The van der Waals surface area contributed by atoms with Crippen LogP contribution in [0.4, 0.5) is 5.69 Å². The summed E-state index contributed by atoms with van der Waals surface area (Å²) in [5.41, 5.74) is 1.24. The van der Waals surface area contributed by atoms with Crippen molar-refractivity contribution in [1.82, 2.24) is 4.31 Å². The molecule has 26 heavy (non-hydrogen) atoms. The molecule has 1 heterocycles. The average molecular weight is 395 g/mol. The van der Waals surface area contributed by atoms with E-state index in [9.17, 15) is 13.2 Å². The van der Waals surface area contributed by atoms with Gasteiger partial charge < -0.3 is 10.1 Å². The molecule has 0 fully saturated rings. The van der Waals surface area contributed by atoms with Crippen LogP contribution in [0.3, 0.4) is 0 Å². The van der Waals surface area contributed by atoms with Gasteiger partial charge in [0.15, 0.2) is 6.61 Å². The molecular weight excluding hydrogens is 376 g/mol. The van der Waals surface area contributed by atoms with Crippen LogP contribution in [-0.4, -0.2) is 31.3 Å². The van der Waals surface area contributed by atoms with E-state index in [4.69, 9.17) is 16.3 Å². The highest BCUT2D eigenvalue weighted by Crippen LogP contribution is 2.37. The third kappa shape index (κ3) is 3.70. The normalized spacial score (nSPS) is 14.1. The number of anilines is 1. The molecule has 1 amide bonds. The smallest absolute Gasteiger partial charge is 0.262 e. The number of carbonyl (C=O) groups excluding carboxylic acids is 1. The van der Waals surface area contributed by atoms with Crippen molar-refractivity contribution in [2.75, 3.05) is 11.9 Å². The van der Waals surface area contributed by atoms with Crippen LogP contribution in [-0.2, 0) is 21.4 Å². The number of nitrogens with zero attached hydrogens (tertiary/aromatic N) is 1. The first kappa shape index (κ1) is 18.7. The van der Waals surface area contributed by atoms with Gasteiger partial charge in [-0.2, -0.15) is 4.31 Å². The standard InChI is InChI=1S/C18H19ClN2O4S/c1-12(2)21(10-13-6-4-3-5-7-13)26(23,24)17-9-16-15(8-14(17)19)20-18(22)11-25-16/h3-9,12H,10-11H2,1-2H3,(H,20,22). The molecule has 0 unspecified atom stereocenters. The maximum Gasteiger partial charge on any atom is 0.262 e. The fourth-order valence-corrected chi connectivity index (χ4v) is 4.86. The zero-order valence-electron chi connectivity index (χ0n) is 14.4. The van der Waals surface area contributed by atoms with Gasteiger partial charge in [-0.05, 0) is 25.5 Å². The summed E-state index contributed by atoms with van der Waals surface area (Å²) in [5.74, 6) is -0.0203. The van der Waals surface area contributed by atoms with Crippen LogP contribution in [0, 0.1) is 0 Å². The van der Waals surface area contributed by atoms with Crippen LogP contribution in [0.1, 0.15) is 19.4 Å². The summed E-state index contributed by atoms with van der Waals surface area (Å²) in [7, 11) is -3.87. The number of benzene rings is 2. The summed E-state index contributed by atoms with van der Waals surface area (Å²) < 4.78 is 33.2. The highest BCUT2D eigenvalue weighted by Gasteiger charge is 2.31. The van der Waals surface area contributed by atoms with Gasteiger partial charge in [0.05, 0.1) is 10.7 Å². The highest BCUT2D eigenvalue weighted by molar-refractivity contribution is 7.89. The molecule has 138 valence electrons. The average Bonchev–Trinajstić information content (AvgIpc) is 2.59. The van der Waals surface area contributed by atoms with E-state index in [2.05, 4.69) is 5.32 Å². The second kappa shape index (κ2) is 7.26. The summed E-state index contributed by atoms with van der Waals surface area (Å²) in [6.45, 7) is 3.69. The number of halogens is 1. The van der Waals surface area contributed by atoms with Crippen LogP contribution in [0.2, 0.25) is 5.02 Å². The molecule has 0 bridgehead atoms. The lowest BCUT2D eigenvalue weighted by Gasteiger charge is -2.27. The molecule has 8 heteroatoms. The highest BCUT2D eigenvalue weighted by atomic mass is 35.5. The molecule has 1 aliphatic rings. The van der Waals surface area contributed by atoms with E-state index in [1.165, 1.54) is 16.4 Å². The predicted octanol–water partition coefficient (Wildman–Crippen LogP) is 3.27. The van der Waals surface area contributed by atoms with Crippen molar-refractivity contribution < 1.29 is 17.9 Å². The van der Waals surface area contributed by atoms with Gasteiger partial charge in [-0.1, -0.05) is 41.9 Å². The second-order valence-electron chi connectivity index (χ2n) is 6.25. The molecule has 0 saturated heterocycles. The maximum absolute atomic E-state index is 13.2. The Morgan fingerprint density at radius 1 is 1.23 bits per heavy atom. The van der Waals surface area contributed by atoms with Crippen LogP contribution in [0.25, 0.3) is 0 Å². The van der Waals surface area contributed by atoms with Gasteiger partial charge in [-0.25, -0.2) is 8.42 Å². The van der Waals surface area contributed by atoms with Gasteiger partial charge >= 0.3 is 0 Å². The zero-order valence-corrected chi connectivity index (χ0v) is 16.0. The number of sulfonamides is 1. The molecule has 0 saturated carbocycles. The Balaban J connectivity index is 2.01. The van der Waals surface area contributed by atoms with E-state index >= 15 is 0 Å². The Morgan fingerprint density at radius 2 is 1.92 bits per heavy atom. The summed E-state index contributed by atoms with van der Waals surface area (Å²) >= 11 is 6.23. The first-order valence-electron chi connectivity index (χ1n) is 8.11. The molecule has 2 aromatic rings. The topological polar surface area (TPSA) is 75.7 Å². The van der Waals surface area contributed by atoms with Crippen LogP contribution in [0.5, 0.6) is 5.75 Å². The van der Waals surface area contributed by atoms with Gasteiger partial charge in [0, 0.05) is 18.7 Å². The third-order valence-electron chi connectivity index (χ3n) is 4.01. The molecular formula is C18H19ClN2O4S. The number of amides is 1. The number of ether oxygens (including phenoxy) is 1. The number of carbonyl (C=O) groups is 1. The maximum atomic E-state index is 13.2. The summed E-state index contributed by atoms with van der Waals surface area (Å²) in [6.07, 6.45) is 0. The first-order valence-corrected chi connectivity index (χ1v) is 9.93. The first-order chi connectivity index (χ1) is 12.3. The SMILES string of the molecule is CC(C)N(Cc1ccccc1)S(=O)(=O)c1cc2c(cc1Cl)NC(=O)CO2. The number of fused-ring (bicyclic) bond motifs is 1. The minimum atomic E-state index is -3.87. The molecule has 0 atom stereocenters. The van der Waals surface area contributed by atoms with Gasteiger partial charge in [-0.3, -0.25) is 4.79 Å². The number of rotatable bonds is 5. The fourth-order valence-electron chi connectivity index (χ4n) is 2.71. The minimum Gasteiger partial charge on any atom is -0.482 e. The molecule has 6 nitrogen and oxygen atoms in total. The Kier molecular flexibility index (Phi) is 5.22. The summed E-state index contributed by atoms with van der Waals surface area (Å²) in [4.78, 5) is 11.4. The lowest BCUT2D eigenvalue weighted by Crippen LogP contribution is -2.36.